The van der Waals surface area contributed by atoms with Gasteiger partial charge in [-0.05, 0) is 49.5 Å². The average Bonchev–Trinajstić information content (AvgIpc) is 3.00. The molecular weight excluding hydrogens is 350 g/mol. The number of nitrogens with one attached hydrogen (secondary N) is 1. The Kier molecular flexibility index (Phi) is 5.70. The zero-order valence-electron chi connectivity index (χ0n) is 13.6. The highest BCUT2D eigenvalue weighted by molar-refractivity contribution is 7.89. The maximum atomic E-state index is 12.6. The first kappa shape index (κ1) is 18.5. The summed E-state index contributed by atoms with van der Waals surface area (Å²) in [7, 11) is -0.104. The maximum absolute atomic E-state index is 12.6. The standard InChI is InChI=1S/C15H19N3O4S2/c1-11-13(18(19)20)5-4-6-15(11)24(21,22)16-9-14(17(2)3)12-7-8-23-10-12/h4-8,10,14,16H,9H2,1-3H3. The van der Waals surface area contributed by atoms with Crippen LogP contribution in [0.5, 0.6) is 0 Å². The Morgan fingerprint density at radius 3 is 2.58 bits per heavy atom. The molecule has 0 aliphatic rings. The van der Waals surface area contributed by atoms with Crippen LogP contribution in [0, 0.1) is 17.0 Å². The summed E-state index contributed by atoms with van der Waals surface area (Å²) in [5.41, 5.74) is 0.940. The molecule has 9 heteroatoms. The molecule has 1 N–H and O–H groups in total. The van der Waals surface area contributed by atoms with Crippen molar-refractivity contribution in [2.24, 2.45) is 0 Å². The smallest absolute Gasteiger partial charge is 0.273 e. The Balaban J connectivity index is 2.26. The third-order valence-corrected chi connectivity index (χ3v) is 6.03. The second-order valence-electron chi connectivity index (χ2n) is 5.55. The fourth-order valence-electron chi connectivity index (χ4n) is 2.42. The molecule has 0 saturated heterocycles. The topological polar surface area (TPSA) is 92.5 Å². The zero-order valence-corrected chi connectivity index (χ0v) is 15.2. The predicted molar refractivity (Wildman–Crippen MR) is 93.8 cm³/mol. The third-order valence-electron chi connectivity index (χ3n) is 3.76. The van der Waals surface area contributed by atoms with Gasteiger partial charge in [0.05, 0.1) is 9.82 Å². The number of rotatable bonds is 7. The average molecular weight is 369 g/mol. The number of thiophene rings is 1. The van der Waals surface area contributed by atoms with Crippen LogP contribution in [-0.4, -0.2) is 38.9 Å². The third kappa shape index (κ3) is 3.99. The molecule has 2 aromatic rings. The summed E-state index contributed by atoms with van der Waals surface area (Å²) in [6.45, 7) is 1.61. The van der Waals surface area contributed by atoms with Crippen molar-refractivity contribution in [3.63, 3.8) is 0 Å². The lowest BCUT2D eigenvalue weighted by Gasteiger charge is -2.24. The van der Waals surface area contributed by atoms with E-state index in [1.54, 1.807) is 11.3 Å². The van der Waals surface area contributed by atoms with Crippen molar-refractivity contribution < 1.29 is 13.3 Å². The minimum atomic E-state index is -3.84. The number of sulfonamides is 1. The van der Waals surface area contributed by atoms with Gasteiger partial charge >= 0.3 is 0 Å². The molecule has 0 aliphatic carbocycles. The van der Waals surface area contributed by atoms with E-state index in [-0.39, 0.29) is 28.7 Å². The van der Waals surface area contributed by atoms with Crippen LogP contribution >= 0.6 is 11.3 Å². The van der Waals surface area contributed by atoms with Gasteiger partial charge in [0.15, 0.2) is 0 Å². The Hall–Kier alpha value is -1.81. The molecule has 0 aliphatic heterocycles. The highest BCUT2D eigenvalue weighted by Crippen LogP contribution is 2.25. The van der Waals surface area contributed by atoms with Crippen molar-refractivity contribution >= 4 is 27.0 Å². The van der Waals surface area contributed by atoms with Crippen LogP contribution in [0.15, 0.2) is 39.9 Å². The lowest BCUT2D eigenvalue weighted by Crippen LogP contribution is -2.34. The number of nitrogens with zero attached hydrogens (tertiary/aromatic N) is 2. The van der Waals surface area contributed by atoms with Gasteiger partial charge in [-0.2, -0.15) is 11.3 Å². The van der Waals surface area contributed by atoms with Gasteiger partial charge in [-0.3, -0.25) is 10.1 Å². The number of likely N-dealkylation sites (N-methyl/N-ethyl adjacent to an activating group) is 1. The molecule has 1 aromatic carbocycles. The van der Waals surface area contributed by atoms with Gasteiger partial charge in [0.1, 0.15) is 0 Å². The summed E-state index contributed by atoms with van der Waals surface area (Å²) < 4.78 is 27.7. The van der Waals surface area contributed by atoms with E-state index in [2.05, 4.69) is 4.72 Å². The van der Waals surface area contributed by atoms with E-state index in [1.165, 1.54) is 25.1 Å². The molecule has 2 rings (SSSR count). The summed E-state index contributed by atoms with van der Waals surface area (Å²) in [4.78, 5) is 12.3. The molecule has 24 heavy (non-hydrogen) atoms. The van der Waals surface area contributed by atoms with Crippen LogP contribution in [0.1, 0.15) is 17.2 Å². The molecule has 0 amide bonds. The largest absolute Gasteiger partial charge is 0.301 e. The first-order valence-electron chi connectivity index (χ1n) is 7.16. The van der Waals surface area contributed by atoms with Gasteiger partial charge < -0.3 is 4.90 Å². The molecule has 0 saturated carbocycles. The molecule has 0 radical (unpaired) electrons. The summed E-state index contributed by atoms with van der Waals surface area (Å²) in [5.74, 6) is 0. The fourth-order valence-corrected chi connectivity index (χ4v) is 4.43. The number of nitro benzene ring substituents is 1. The van der Waals surface area contributed by atoms with Crippen LogP contribution < -0.4 is 4.72 Å². The van der Waals surface area contributed by atoms with Crippen molar-refractivity contribution in [3.05, 3.63) is 56.3 Å². The SMILES string of the molecule is Cc1c([N+](=O)[O-])cccc1S(=O)(=O)NCC(c1ccsc1)N(C)C. The number of benzene rings is 1. The molecule has 1 aromatic heterocycles. The number of hydrogen-bond acceptors (Lipinski definition) is 6. The lowest BCUT2D eigenvalue weighted by atomic mass is 10.1. The Morgan fingerprint density at radius 1 is 1.33 bits per heavy atom. The van der Waals surface area contributed by atoms with Gasteiger partial charge in [-0.25, -0.2) is 13.1 Å². The van der Waals surface area contributed by atoms with E-state index >= 15 is 0 Å². The number of nitro groups is 1. The minimum absolute atomic E-state index is 0.0699. The highest BCUT2D eigenvalue weighted by Gasteiger charge is 2.24. The predicted octanol–water partition coefficient (Wildman–Crippen LogP) is 2.55. The fraction of sp³-hybridized carbons (Fsp3) is 0.333. The summed E-state index contributed by atoms with van der Waals surface area (Å²) in [6, 6.07) is 5.87. The zero-order chi connectivity index (χ0) is 17.9. The second-order valence-corrected chi connectivity index (χ2v) is 8.06. The Morgan fingerprint density at radius 2 is 2.04 bits per heavy atom. The summed E-state index contributed by atoms with van der Waals surface area (Å²) in [6.07, 6.45) is 0. The normalized spacial score (nSPS) is 13.2. The Labute approximate surface area is 145 Å². The van der Waals surface area contributed by atoms with Crippen molar-refractivity contribution in [1.82, 2.24) is 9.62 Å². The van der Waals surface area contributed by atoms with E-state index in [4.69, 9.17) is 0 Å². The monoisotopic (exact) mass is 369 g/mol. The van der Waals surface area contributed by atoms with Gasteiger partial charge in [0, 0.05) is 24.2 Å². The second kappa shape index (κ2) is 7.39. The first-order valence-corrected chi connectivity index (χ1v) is 9.59. The van der Waals surface area contributed by atoms with Crippen LogP contribution in [0.2, 0.25) is 0 Å². The van der Waals surface area contributed by atoms with Crippen molar-refractivity contribution in [2.75, 3.05) is 20.6 Å². The Bertz CT molecular complexity index is 817. The molecule has 1 atom stereocenters. The van der Waals surface area contributed by atoms with Gasteiger partial charge in [-0.1, -0.05) is 6.07 Å². The van der Waals surface area contributed by atoms with Crippen LogP contribution in [0.3, 0.4) is 0 Å². The number of hydrogen-bond donors (Lipinski definition) is 1. The van der Waals surface area contributed by atoms with Crippen molar-refractivity contribution in [1.29, 1.82) is 0 Å². The van der Waals surface area contributed by atoms with E-state index in [0.29, 0.717) is 0 Å². The van der Waals surface area contributed by atoms with Crippen molar-refractivity contribution in [3.8, 4) is 0 Å². The van der Waals surface area contributed by atoms with E-state index in [1.807, 2.05) is 35.8 Å². The molecule has 0 bridgehead atoms. The van der Waals surface area contributed by atoms with Crippen LogP contribution in [0.4, 0.5) is 5.69 Å². The maximum Gasteiger partial charge on any atom is 0.273 e. The molecule has 0 fully saturated rings. The molecule has 1 heterocycles. The minimum Gasteiger partial charge on any atom is -0.301 e. The van der Waals surface area contributed by atoms with E-state index in [0.717, 1.165) is 5.56 Å². The lowest BCUT2D eigenvalue weighted by molar-refractivity contribution is -0.385. The van der Waals surface area contributed by atoms with Crippen molar-refractivity contribution in [2.45, 2.75) is 17.9 Å². The van der Waals surface area contributed by atoms with E-state index in [9.17, 15) is 18.5 Å². The molecule has 0 spiro atoms. The summed E-state index contributed by atoms with van der Waals surface area (Å²) >= 11 is 1.54. The van der Waals surface area contributed by atoms with Crippen LogP contribution in [0.25, 0.3) is 0 Å². The first-order chi connectivity index (χ1) is 11.2. The van der Waals surface area contributed by atoms with Gasteiger partial charge in [0.2, 0.25) is 10.0 Å². The molecular formula is C15H19N3O4S2. The van der Waals surface area contributed by atoms with Gasteiger partial charge in [0.25, 0.3) is 5.69 Å². The molecule has 7 nitrogen and oxygen atoms in total. The van der Waals surface area contributed by atoms with Gasteiger partial charge in [-0.15, -0.1) is 0 Å². The molecule has 1 unspecified atom stereocenters. The summed E-state index contributed by atoms with van der Waals surface area (Å²) in [5, 5.41) is 14.9. The highest BCUT2D eigenvalue weighted by atomic mass is 32.2. The van der Waals surface area contributed by atoms with E-state index < -0.39 is 14.9 Å². The van der Waals surface area contributed by atoms with Crippen LogP contribution in [-0.2, 0) is 10.0 Å². The quantitative estimate of drug-likeness (QED) is 0.598. The molecule has 130 valence electrons.